The molecule has 0 atom stereocenters. The lowest BCUT2D eigenvalue weighted by Crippen LogP contribution is -2.17. The summed E-state index contributed by atoms with van der Waals surface area (Å²) in [5, 5.41) is 25.5. The molecule has 0 saturated carbocycles. The van der Waals surface area contributed by atoms with E-state index in [-0.39, 0.29) is 27.9 Å². The van der Waals surface area contributed by atoms with Crippen molar-refractivity contribution < 1.29 is 14.8 Å². The molecule has 0 aliphatic carbocycles. The van der Waals surface area contributed by atoms with Gasteiger partial charge in [-0.2, -0.15) is 5.10 Å². The molecule has 26 heavy (non-hydrogen) atoms. The Kier molecular flexibility index (Phi) is 4.90. The standard InChI is InChI=1S/C17H11BrN4O4/c18-12-4-1-3-10(7-12)17(24)21-20-9-11-8-14(22(25)26)13-5-2-6-19-15(13)16(11)23/h1-9,23H,(H,21,24)/b20-9-. The maximum Gasteiger partial charge on any atom is 0.279 e. The summed E-state index contributed by atoms with van der Waals surface area (Å²) in [6.45, 7) is 0. The molecule has 3 rings (SSSR count). The SMILES string of the molecule is O=C(N/N=C\c1cc([N+](=O)[O-])c2cccnc2c1O)c1cccc(Br)c1. The Morgan fingerprint density at radius 1 is 1.31 bits per heavy atom. The number of nitrogens with zero attached hydrogens (tertiary/aromatic N) is 3. The van der Waals surface area contributed by atoms with Gasteiger partial charge in [0.25, 0.3) is 11.6 Å². The number of carbonyl (C=O) groups is 1. The summed E-state index contributed by atoms with van der Waals surface area (Å²) in [6.07, 6.45) is 2.55. The van der Waals surface area contributed by atoms with Gasteiger partial charge in [0.1, 0.15) is 5.52 Å². The molecule has 0 spiro atoms. The van der Waals surface area contributed by atoms with Gasteiger partial charge >= 0.3 is 0 Å². The van der Waals surface area contributed by atoms with Crippen LogP contribution in [0.5, 0.6) is 5.75 Å². The molecular formula is C17H11BrN4O4. The summed E-state index contributed by atoms with van der Waals surface area (Å²) in [5.74, 6) is -0.720. The molecule has 130 valence electrons. The van der Waals surface area contributed by atoms with Crippen LogP contribution in [0.1, 0.15) is 15.9 Å². The fraction of sp³-hybridized carbons (Fsp3) is 0. The number of nitro groups is 1. The van der Waals surface area contributed by atoms with E-state index in [0.717, 1.165) is 10.7 Å². The first-order valence-electron chi connectivity index (χ1n) is 7.31. The number of hydrogen-bond donors (Lipinski definition) is 2. The van der Waals surface area contributed by atoms with E-state index in [1.54, 1.807) is 30.3 Å². The molecule has 8 nitrogen and oxygen atoms in total. The summed E-state index contributed by atoms with van der Waals surface area (Å²) in [7, 11) is 0. The van der Waals surface area contributed by atoms with Crippen LogP contribution in [-0.4, -0.2) is 27.1 Å². The van der Waals surface area contributed by atoms with E-state index in [9.17, 15) is 20.0 Å². The van der Waals surface area contributed by atoms with Crippen LogP contribution in [0.25, 0.3) is 10.9 Å². The van der Waals surface area contributed by atoms with Gasteiger partial charge in [0.05, 0.1) is 16.5 Å². The van der Waals surface area contributed by atoms with E-state index in [2.05, 4.69) is 31.4 Å². The molecule has 0 aliphatic rings. The maximum absolute atomic E-state index is 12.0. The van der Waals surface area contributed by atoms with Crippen molar-refractivity contribution in [2.45, 2.75) is 0 Å². The highest BCUT2D eigenvalue weighted by Gasteiger charge is 2.18. The topological polar surface area (TPSA) is 118 Å². The number of nitrogens with one attached hydrogen (secondary N) is 1. The molecule has 2 N–H and O–H groups in total. The number of rotatable bonds is 4. The molecule has 2 aromatic carbocycles. The molecule has 1 heterocycles. The Labute approximate surface area is 155 Å². The van der Waals surface area contributed by atoms with Gasteiger partial charge in [-0.1, -0.05) is 22.0 Å². The van der Waals surface area contributed by atoms with Crippen LogP contribution in [0, 0.1) is 10.1 Å². The number of halogens is 1. The zero-order valence-corrected chi connectivity index (χ0v) is 14.7. The molecule has 0 radical (unpaired) electrons. The van der Waals surface area contributed by atoms with Crippen molar-refractivity contribution in [2.75, 3.05) is 0 Å². The van der Waals surface area contributed by atoms with Crippen LogP contribution >= 0.6 is 15.9 Å². The molecule has 1 aromatic heterocycles. The molecule has 3 aromatic rings. The molecule has 0 bridgehead atoms. The van der Waals surface area contributed by atoms with Gasteiger partial charge in [0, 0.05) is 27.9 Å². The van der Waals surface area contributed by atoms with Crippen LogP contribution in [0.4, 0.5) is 5.69 Å². The number of hydrazone groups is 1. The van der Waals surface area contributed by atoms with Gasteiger partial charge < -0.3 is 5.11 Å². The van der Waals surface area contributed by atoms with Gasteiger partial charge in [-0.15, -0.1) is 0 Å². The number of phenolic OH excluding ortho intramolecular Hbond substituents is 1. The molecular weight excluding hydrogens is 404 g/mol. The largest absolute Gasteiger partial charge is 0.505 e. The summed E-state index contributed by atoms with van der Waals surface area (Å²) < 4.78 is 0.739. The number of carbonyl (C=O) groups excluding carboxylic acids is 1. The number of pyridine rings is 1. The minimum Gasteiger partial charge on any atom is -0.505 e. The van der Waals surface area contributed by atoms with E-state index >= 15 is 0 Å². The summed E-state index contributed by atoms with van der Waals surface area (Å²) in [6, 6.07) is 10.9. The molecule has 1 amide bonds. The van der Waals surface area contributed by atoms with Gasteiger partial charge in [-0.05, 0) is 30.3 Å². The average molecular weight is 415 g/mol. The van der Waals surface area contributed by atoms with Gasteiger partial charge in [-0.3, -0.25) is 19.9 Å². The van der Waals surface area contributed by atoms with Crippen molar-refractivity contribution in [2.24, 2.45) is 5.10 Å². The van der Waals surface area contributed by atoms with Gasteiger partial charge in [-0.25, -0.2) is 5.43 Å². The monoisotopic (exact) mass is 414 g/mol. The number of non-ortho nitro benzene ring substituents is 1. The molecule has 0 unspecified atom stereocenters. The zero-order chi connectivity index (χ0) is 18.7. The van der Waals surface area contributed by atoms with Crippen molar-refractivity contribution in [1.82, 2.24) is 10.4 Å². The lowest BCUT2D eigenvalue weighted by Gasteiger charge is -2.05. The van der Waals surface area contributed by atoms with E-state index in [1.807, 2.05) is 0 Å². The minimum absolute atomic E-state index is 0.0671. The van der Waals surface area contributed by atoms with E-state index in [4.69, 9.17) is 0 Å². The Morgan fingerprint density at radius 2 is 2.12 bits per heavy atom. The second kappa shape index (κ2) is 7.28. The van der Waals surface area contributed by atoms with Crippen molar-refractivity contribution >= 4 is 44.6 Å². The Balaban J connectivity index is 1.91. The van der Waals surface area contributed by atoms with Crippen molar-refractivity contribution in [1.29, 1.82) is 0 Å². The first kappa shape index (κ1) is 17.5. The van der Waals surface area contributed by atoms with Crippen LogP contribution in [0.2, 0.25) is 0 Å². The molecule has 0 fully saturated rings. The van der Waals surface area contributed by atoms with E-state index < -0.39 is 10.8 Å². The predicted molar refractivity (Wildman–Crippen MR) is 99.3 cm³/mol. The van der Waals surface area contributed by atoms with Gasteiger partial charge in [0.2, 0.25) is 0 Å². The second-order valence-corrected chi connectivity index (χ2v) is 6.12. The molecule has 0 aliphatic heterocycles. The highest BCUT2D eigenvalue weighted by molar-refractivity contribution is 9.10. The highest BCUT2D eigenvalue weighted by atomic mass is 79.9. The lowest BCUT2D eigenvalue weighted by molar-refractivity contribution is -0.383. The van der Waals surface area contributed by atoms with Crippen LogP contribution < -0.4 is 5.43 Å². The average Bonchev–Trinajstić information content (AvgIpc) is 2.63. The Bertz CT molecular complexity index is 1050. The second-order valence-electron chi connectivity index (χ2n) is 5.20. The lowest BCUT2D eigenvalue weighted by atomic mass is 10.1. The van der Waals surface area contributed by atoms with Crippen LogP contribution in [0.3, 0.4) is 0 Å². The quantitative estimate of drug-likeness (QED) is 0.385. The smallest absolute Gasteiger partial charge is 0.279 e. The highest BCUT2D eigenvalue weighted by Crippen LogP contribution is 2.33. The third-order valence-corrected chi connectivity index (χ3v) is 4.02. The number of fused-ring (bicyclic) bond motifs is 1. The number of aromatic hydroxyl groups is 1. The first-order chi connectivity index (χ1) is 12.5. The summed E-state index contributed by atoms with van der Waals surface area (Å²) in [5.41, 5.74) is 2.62. The first-order valence-corrected chi connectivity index (χ1v) is 8.10. The van der Waals surface area contributed by atoms with Crippen LogP contribution in [0.15, 0.2) is 58.2 Å². The number of benzene rings is 2. The number of phenols is 1. The number of hydrogen-bond acceptors (Lipinski definition) is 6. The fourth-order valence-electron chi connectivity index (χ4n) is 2.33. The number of aromatic nitrogens is 1. The maximum atomic E-state index is 12.0. The zero-order valence-electron chi connectivity index (χ0n) is 13.1. The van der Waals surface area contributed by atoms with Crippen molar-refractivity contribution in [3.05, 3.63) is 74.4 Å². The fourth-order valence-corrected chi connectivity index (χ4v) is 2.73. The van der Waals surface area contributed by atoms with Crippen molar-refractivity contribution in [3.63, 3.8) is 0 Å². The number of amides is 1. The summed E-state index contributed by atoms with van der Waals surface area (Å²) >= 11 is 3.27. The molecule has 0 saturated heterocycles. The minimum atomic E-state index is -0.569. The predicted octanol–water partition coefficient (Wildman–Crippen LogP) is 3.38. The Morgan fingerprint density at radius 3 is 2.85 bits per heavy atom. The van der Waals surface area contributed by atoms with Crippen LogP contribution in [-0.2, 0) is 0 Å². The third-order valence-electron chi connectivity index (χ3n) is 3.53. The Hall–Kier alpha value is -3.33. The van der Waals surface area contributed by atoms with E-state index in [1.165, 1.54) is 18.3 Å². The van der Waals surface area contributed by atoms with Crippen molar-refractivity contribution in [3.8, 4) is 5.75 Å². The number of nitro benzene ring substituents is 1. The van der Waals surface area contributed by atoms with Gasteiger partial charge in [0.15, 0.2) is 5.75 Å². The third kappa shape index (κ3) is 3.52. The normalized spacial score (nSPS) is 11.0. The van der Waals surface area contributed by atoms with E-state index in [0.29, 0.717) is 5.56 Å². The molecule has 9 heteroatoms. The summed E-state index contributed by atoms with van der Waals surface area (Å²) in [4.78, 5) is 26.7.